The third-order valence-electron chi connectivity index (χ3n) is 2.50. The number of benzene rings is 2. The summed E-state index contributed by atoms with van der Waals surface area (Å²) in [5.74, 6) is 0.508. The molecule has 2 aromatic carbocycles. The first-order valence-electron chi connectivity index (χ1n) is 5.79. The fourth-order valence-electron chi connectivity index (χ4n) is 1.51. The lowest BCUT2D eigenvalue weighted by Crippen LogP contribution is -2.01. The third-order valence-corrected chi connectivity index (χ3v) is 3.24. The van der Waals surface area contributed by atoms with Crippen molar-refractivity contribution < 1.29 is 9.66 Å². The molecule has 0 heterocycles. The molecule has 0 atom stereocenters. The molecule has 0 aliphatic heterocycles. The third kappa shape index (κ3) is 3.58. The smallest absolute Gasteiger partial charge is 0.269 e. The summed E-state index contributed by atoms with van der Waals surface area (Å²) in [5, 5.41) is 10.6. The van der Waals surface area contributed by atoms with Gasteiger partial charge in [0.2, 0.25) is 5.90 Å². The number of hydrogen-bond acceptors (Lipinski definition) is 5. The van der Waals surface area contributed by atoms with Crippen molar-refractivity contribution in [3.8, 4) is 0 Å². The van der Waals surface area contributed by atoms with Crippen molar-refractivity contribution in [3.63, 3.8) is 0 Å². The Morgan fingerprint density at radius 3 is 2.35 bits per heavy atom. The van der Waals surface area contributed by atoms with Crippen molar-refractivity contribution in [1.29, 1.82) is 0 Å². The van der Waals surface area contributed by atoms with Gasteiger partial charge in [0.25, 0.3) is 5.69 Å². The van der Waals surface area contributed by atoms with E-state index in [0.29, 0.717) is 5.90 Å². The molecule has 0 radical (unpaired) electrons. The van der Waals surface area contributed by atoms with Gasteiger partial charge in [-0.05, 0) is 24.3 Å². The molecule has 0 saturated heterocycles. The second-order valence-corrected chi connectivity index (χ2v) is 4.65. The zero-order chi connectivity index (χ0) is 14.4. The van der Waals surface area contributed by atoms with Crippen LogP contribution in [0.15, 0.2) is 63.9 Å². The predicted octanol–water partition coefficient (Wildman–Crippen LogP) is 3.70. The van der Waals surface area contributed by atoms with Gasteiger partial charge in [0, 0.05) is 34.5 Å². The van der Waals surface area contributed by atoms with Gasteiger partial charge in [0.1, 0.15) is 0 Å². The first kappa shape index (κ1) is 14.1. The number of methoxy groups -OCH3 is 1. The van der Waals surface area contributed by atoms with Crippen LogP contribution in [-0.4, -0.2) is 17.9 Å². The van der Waals surface area contributed by atoms with Gasteiger partial charge in [0.05, 0.1) is 12.0 Å². The first-order valence-corrected chi connectivity index (χ1v) is 6.57. The summed E-state index contributed by atoms with van der Waals surface area (Å²) in [6.07, 6.45) is 0. The van der Waals surface area contributed by atoms with Crippen LogP contribution < -0.4 is 0 Å². The van der Waals surface area contributed by atoms with Crippen LogP contribution in [0, 0.1) is 10.1 Å². The number of nitrogens with zero attached hydrogens (tertiary/aromatic N) is 2. The summed E-state index contributed by atoms with van der Waals surface area (Å²) >= 11 is 1.21. The molecule has 6 heteroatoms. The molecule has 0 saturated carbocycles. The summed E-state index contributed by atoms with van der Waals surface area (Å²) in [4.78, 5) is 10.9. The summed E-state index contributed by atoms with van der Waals surface area (Å²) < 4.78 is 9.54. The van der Waals surface area contributed by atoms with Gasteiger partial charge in [-0.15, -0.1) is 0 Å². The predicted molar refractivity (Wildman–Crippen MR) is 78.9 cm³/mol. The number of rotatable bonds is 4. The van der Waals surface area contributed by atoms with Gasteiger partial charge in [-0.3, -0.25) is 10.1 Å². The topological polar surface area (TPSA) is 64.7 Å². The Hall–Kier alpha value is -2.34. The molecule has 20 heavy (non-hydrogen) atoms. The van der Waals surface area contributed by atoms with Crippen LogP contribution in [0.2, 0.25) is 0 Å². The Morgan fingerprint density at radius 2 is 1.80 bits per heavy atom. The highest BCUT2D eigenvalue weighted by atomic mass is 32.2. The quantitative estimate of drug-likeness (QED) is 0.283. The van der Waals surface area contributed by atoms with Gasteiger partial charge in [-0.25, -0.2) is 0 Å². The average Bonchev–Trinajstić information content (AvgIpc) is 2.49. The van der Waals surface area contributed by atoms with E-state index in [1.165, 1.54) is 24.1 Å². The van der Waals surface area contributed by atoms with E-state index in [9.17, 15) is 10.1 Å². The van der Waals surface area contributed by atoms with E-state index in [4.69, 9.17) is 4.74 Å². The van der Waals surface area contributed by atoms with Crippen molar-refractivity contribution in [1.82, 2.24) is 0 Å². The maximum absolute atomic E-state index is 10.6. The standard InChI is InChI=1S/C14H12N2O3S/c1-19-14(11-5-3-2-4-6-11)15-20-13-9-7-12(8-10-13)16(17)18/h2-10H,1H3/b15-14+. The summed E-state index contributed by atoms with van der Waals surface area (Å²) in [7, 11) is 1.56. The Kier molecular flexibility index (Phi) is 4.73. The molecule has 0 spiro atoms. The van der Waals surface area contributed by atoms with Crippen LogP contribution in [-0.2, 0) is 4.74 Å². The molecule has 0 aromatic heterocycles. The van der Waals surface area contributed by atoms with Crippen molar-refractivity contribution in [2.45, 2.75) is 4.90 Å². The monoisotopic (exact) mass is 288 g/mol. The van der Waals surface area contributed by atoms with Gasteiger partial charge in [-0.2, -0.15) is 4.40 Å². The van der Waals surface area contributed by atoms with E-state index in [1.807, 2.05) is 30.3 Å². The number of non-ortho nitro benzene ring substituents is 1. The molecular formula is C14H12N2O3S. The average molecular weight is 288 g/mol. The van der Waals surface area contributed by atoms with E-state index in [0.717, 1.165) is 10.5 Å². The van der Waals surface area contributed by atoms with E-state index in [1.54, 1.807) is 19.2 Å². The van der Waals surface area contributed by atoms with Crippen LogP contribution >= 0.6 is 11.9 Å². The molecule has 2 aromatic rings. The lowest BCUT2D eigenvalue weighted by Gasteiger charge is -2.04. The first-order chi connectivity index (χ1) is 9.70. The minimum absolute atomic E-state index is 0.0633. The summed E-state index contributed by atoms with van der Waals surface area (Å²) in [5.41, 5.74) is 0.942. The number of nitro benzene ring substituents is 1. The van der Waals surface area contributed by atoms with Crippen LogP contribution in [0.4, 0.5) is 5.69 Å². The fraction of sp³-hybridized carbons (Fsp3) is 0.0714. The lowest BCUT2D eigenvalue weighted by molar-refractivity contribution is -0.384. The molecule has 0 fully saturated rings. The molecule has 0 aliphatic rings. The minimum atomic E-state index is -0.428. The molecule has 0 aliphatic carbocycles. The van der Waals surface area contributed by atoms with E-state index >= 15 is 0 Å². The van der Waals surface area contributed by atoms with Crippen molar-refractivity contribution >= 4 is 23.5 Å². The van der Waals surface area contributed by atoms with E-state index < -0.39 is 4.92 Å². The van der Waals surface area contributed by atoms with Crippen LogP contribution in [0.25, 0.3) is 0 Å². The fourth-order valence-corrected chi connectivity index (χ4v) is 2.14. The molecule has 102 valence electrons. The molecule has 5 nitrogen and oxygen atoms in total. The van der Waals surface area contributed by atoms with Crippen LogP contribution in [0.5, 0.6) is 0 Å². The number of hydrogen-bond donors (Lipinski definition) is 0. The van der Waals surface area contributed by atoms with Gasteiger partial charge >= 0.3 is 0 Å². The Morgan fingerprint density at radius 1 is 1.15 bits per heavy atom. The SMILES string of the molecule is CO/C(=N/Sc1ccc([N+](=O)[O-])cc1)c1ccccc1. The Balaban J connectivity index is 2.12. The normalized spacial score (nSPS) is 11.2. The van der Waals surface area contributed by atoms with Crippen molar-refractivity contribution in [2.75, 3.05) is 7.11 Å². The summed E-state index contributed by atoms with van der Waals surface area (Å²) in [6.45, 7) is 0. The largest absolute Gasteiger partial charge is 0.480 e. The van der Waals surface area contributed by atoms with Crippen LogP contribution in [0.3, 0.4) is 0 Å². The van der Waals surface area contributed by atoms with Crippen LogP contribution in [0.1, 0.15) is 5.56 Å². The van der Waals surface area contributed by atoms with E-state index in [2.05, 4.69) is 4.40 Å². The molecule has 0 unspecified atom stereocenters. The molecule has 0 N–H and O–H groups in total. The number of ether oxygens (including phenoxy) is 1. The zero-order valence-corrected chi connectivity index (χ0v) is 11.5. The maximum atomic E-state index is 10.6. The molecular weight excluding hydrogens is 276 g/mol. The van der Waals surface area contributed by atoms with E-state index in [-0.39, 0.29) is 5.69 Å². The van der Waals surface area contributed by atoms with Crippen molar-refractivity contribution in [3.05, 3.63) is 70.3 Å². The zero-order valence-electron chi connectivity index (χ0n) is 10.7. The molecule has 0 bridgehead atoms. The molecule has 0 amide bonds. The highest BCUT2D eigenvalue weighted by molar-refractivity contribution is 7.98. The highest BCUT2D eigenvalue weighted by Crippen LogP contribution is 2.23. The molecule has 2 rings (SSSR count). The summed E-state index contributed by atoms with van der Waals surface area (Å²) in [6, 6.07) is 15.7. The second kappa shape index (κ2) is 6.72. The minimum Gasteiger partial charge on any atom is -0.480 e. The second-order valence-electron chi connectivity index (χ2n) is 3.81. The van der Waals surface area contributed by atoms with Gasteiger partial charge in [0.15, 0.2) is 0 Å². The maximum Gasteiger partial charge on any atom is 0.269 e. The number of nitro groups is 1. The lowest BCUT2D eigenvalue weighted by atomic mass is 10.2. The Labute approximate surface area is 120 Å². The van der Waals surface area contributed by atoms with Crippen molar-refractivity contribution in [2.24, 2.45) is 4.40 Å². The van der Waals surface area contributed by atoms with Gasteiger partial charge < -0.3 is 4.74 Å². The van der Waals surface area contributed by atoms with Gasteiger partial charge in [-0.1, -0.05) is 18.2 Å². The highest BCUT2D eigenvalue weighted by Gasteiger charge is 2.05. The Bertz CT molecular complexity index is 612.